The minimum atomic E-state index is -1.48. The van der Waals surface area contributed by atoms with E-state index < -0.39 is 28.0 Å². The molecule has 0 spiro atoms. The van der Waals surface area contributed by atoms with Crippen LogP contribution in [0.4, 0.5) is 15.8 Å². The van der Waals surface area contributed by atoms with Crippen molar-refractivity contribution in [2.45, 2.75) is 13.5 Å². The number of aromatic carboxylic acids is 1. The van der Waals surface area contributed by atoms with Gasteiger partial charge in [0.2, 0.25) is 0 Å². The Bertz CT molecular complexity index is 714. The van der Waals surface area contributed by atoms with Gasteiger partial charge in [-0.05, 0) is 34.9 Å². The minimum Gasteiger partial charge on any atom is -0.477 e. The molecule has 21 heavy (non-hydrogen) atoms. The van der Waals surface area contributed by atoms with Gasteiger partial charge in [0.25, 0.3) is 5.69 Å². The number of rotatable bonds is 5. The summed E-state index contributed by atoms with van der Waals surface area (Å²) in [5.74, 6) is -2.34. The van der Waals surface area contributed by atoms with Crippen molar-refractivity contribution in [1.82, 2.24) is 0 Å². The van der Waals surface area contributed by atoms with Gasteiger partial charge in [-0.1, -0.05) is 0 Å². The molecule has 1 aromatic heterocycles. The molecule has 0 aliphatic rings. The summed E-state index contributed by atoms with van der Waals surface area (Å²) in [5.41, 5.74) is 0.592. The second-order valence-corrected chi connectivity index (χ2v) is 5.09. The van der Waals surface area contributed by atoms with Gasteiger partial charge < -0.3 is 10.4 Å². The molecule has 8 heteroatoms. The Morgan fingerprint density at radius 2 is 2.19 bits per heavy atom. The Morgan fingerprint density at radius 1 is 1.48 bits per heavy atom. The topological polar surface area (TPSA) is 92.5 Å². The molecule has 0 saturated heterocycles. The van der Waals surface area contributed by atoms with Gasteiger partial charge in [-0.2, -0.15) is 11.3 Å². The molecular formula is C13H11FN2O4S. The lowest BCUT2D eigenvalue weighted by molar-refractivity contribution is -0.385. The zero-order valence-electron chi connectivity index (χ0n) is 10.9. The predicted molar refractivity (Wildman–Crippen MR) is 76.4 cm³/mol. The fourth-order valence-corrected chi connectivity index (χ4v) is 2.64. The molecule has 0 bridgehead atoms. The Morgan fingerprint density at radius 3 is 2.71 bits per heavy atom. The molecule has 2 rings (SSSR count). The normalized spacial score (nSPS) is 10.4. The second-order valence-electron chi connectivity index (χ2n) is 4.35. The largest absolute Gasteiger partial charge is 0.477 e. The maximum absolute atomic E-state index is 13.8. The van der Waals surface area contributed by atoms with Crippen molar-refractivity contribution in [2.24, 2.45) is 0 Å². The molecule has 0 radical (unpaired) electrons. The highest BCUT2D eigenvalue weighted by Gasteiger charge is 2.23. The van der Waals surface area contributed by atoms with E-state index in [1.165, 1.54) is 11.3 Å². The number of anilines is 1. The Kier molecular flexibility index (Phi) is 4.18. The predicted octanol–water partition coefficient (Wildman–Crippen LogP) is 3.41. The summed E-state index contributed by atoms with van der Waals surface area (Å²) < 4.78 is 13.8. The van der Waals surface area contributed by atoms with Crippen LogP contribution in [0.15, 0.2) is 22.9 Å². The van der Waals surface area contributed by atoms with Crippen molar-refractivity contribution in [3.05, 3.63) is 55.5 Å². The minimum absolute atomic E-state index is 0.0800. The molecule has 0 amide bonds. The van der Waals surface area contributed by atoms with Crippen LogP contribution in [0.1, 0.15) is 21.5 Å². The summed E-state index contributed by atoms with van der Waals surface area (Å²) in [6.07, 6.45) is 0. The number of hydrogen-bond donors (Lipinski definition) is 2. The number of hydrogen-bond acceptors (Lipinski definition) is 5. The fraction of sp³-hybridized carbons (Fsp3) is 0.154. The van der Waals surface area contributed by atoms with Crippen molar-refractivity contribution in [3.8, 4) is 0 Å². The summed E-state index contributed by atoms with van der Waals surface area (Å²) in [6, 6.07) is 1.56. The number of nitrogens with zero attached hydrogens (tertiary/aromatic N) is 1. The molecule has 1 aromatic carbocycles. The maximum atomic E-state index is 13.8. The van der Waals surface area contributed by atoms with E-state index in [0.717, 1.165) is 17.2 Å². The second kappa shape index (κ2) is 5.88. The van der Waals surface area contributed by atoms with Gasteiger partial charge in [-0.3, -0.25) is 10.1 Å². The number of carbonyl (C=O) groups is 1. The molecule has 0 atom stereocenters. The molecule has 110 valence electrons. The third kappa shape index (κ3) is 3.16. The van der Waals surface area contributed by atoms with Crippen LogP contribution in [0.2, 0.25) is 0 Å². The number of carboxylic acids is 1. The Balaban J connectivity index is 2.32. The van der Waals surface area contributed by atoms with Crippen LogP contribution in [0.5, 0.6) is 0 Å². The molecule has 0 unspecified atom stereocenters. The summed E-state index contributed by atoms with van der Waals surface area (Å²) in [5, 5.41) is 26.3. The van der Waals surface area contributed by atoms with E-state index in [1.807, 2.05) is 17.7 Å². The molecule has 0 aliphatic carbocycles. The van der Waals surface area contributed by atoms with Crippen LogP contribution in [-0.2, 0) is 6.54 Å². The van der Waals surface area contributed by atoms with Crippen LogP contribution in [0.25, 0.3) is 0 Å². The van der Waals surface area contributed by atoms with E-state index >= 15 is 0 Å². The quantitative estimate of drug-likeness (QED) is 0.652. The number of carboxylic acid groups (broad SMARTS) is 1. The zero-order valence-corrected chi connectivity index (χ0v) is 11.7. The lowest BCUT2D eigenvalue weighted by Gasteiger charge is -2.09. The molecule has 6 nitrogen and oxygen atoms in total. The summed E-state index contributed by atoms with van der Waals surface area (Å²) >= 11 is 1.50. The zero-order chi connectivity index (χ0) is 15.6. The van der Waals surface area contributed by atoms with Crippen LogP contribution >= 0.6 is 11.3 Å². The van der Waals surface area contributed by atoms with Crippen LogP contribution in [0.3, 0.4) is 0 Å². The molecule has 0 fully saturated rings. The van der Waals surface area contributed by atoms with Gasteiger partial charge in [0.15, 0.2) is 5.82 Å². The fourth-order valence-electron chi connectivity index (χ4n) is 1.78. The first-order chi connectivity index (χ1) is 9.90. The van der Waals surface area contributed by atoms with Crippen molar-refractivity contribution < 1.29 is 19.2 Å². The Hall–Kier alpha value is -2.48. The summed E-state index contributed by atoms with van der Waals surface area (Å²) in [7, 11) is 0. The molecule has 2 aromatic rings. The monoisotopic (exact) mass is 310 g/mol. The van der Waals surface area contributed by atoms with E-state index in [0.29, 0.717) is 12.6 Å². The molecular weight excluding hydrogens is 299 g/mol. The number of thiophene rings is 1. The third-order valence-corrected chi connectivity index (χ3v) is 3.85. The van der Waals surface area contributed by atoms with Gasteiger partial charge >= 0.3 is 5.97 Å². The van der Waals surface area contributed by atoms with Crippen molar-refractivity contribution in [2.75, 3.05) is 5.32 Å². The van der Waals surface area contributed by atoms with Crippen molar-refractivity contribution >= 4 is 28.7 Å². The third-order valence-electron chi connectivity index (χ3n) is 2.94. The number of halogens is 1. The van der Waals surface area contributed by atoms with Gasteiger partial charge in [-0.15, -0.1) is 0 Å². The number of benzene rings is 1. The van der Waals surface area contributed by atoms with Gasteiger partial charge in [0.1, 0.15) is 5.56 Å². The van der Waals surface area contributed by atoms with E-state index in [9.17, 15) is 19.3 Å². The lowest BCUT2D eigenvalue weighted by Crippen LogP contribution is -2.07. The number of nitro groups is 1. The first kappa shape index (κ1) is 14.9. The Labute approximate surface area is 123 Å². The summed E-state index contributed by atoms with van der Waals surface area (Å²) in [6.45, 7) is 2.21. The first-order valence-electron chi connectivity index (χ1n) is 5.87. The SMILES string of the molecule is Cc1cscc1CNc1cc(C(=O)O)c([N+](=O)[O-])cc1F. The standard InChI is InChI=1S/C13H11FN2O4S/c1-7-5-21-6-8(7)4-15-11-2-9(13(17)18)12(16(19)20)3-10(11)14/h2-3,5-6,15H,4H2,1H3,(H,17,18). The molecule has 1 heterocycles. The van der Waals surface area contributed by atoms with E-state index in [-0.39, 0.29) is 5.69 Å². The smallest absolute Gasteiger partial charge is 0.342 e. The highest BCUT2D eigenvalue weighted by Crippen LogP contribution is 2.27. The van der Waals surface area contributed by atoms with E-state index in [4.69, 9.17) is 5.11 Å². The molecule has 2 N–H and O–H groups in total. The van der Waals surface area contributed by atoms with E-state index in [2.05, 4.69) is 5.32 Å². The average Bonchev–Trinajstić information content (AvgIpc) is 2.82. The number of nitrogens with one attached hydrogen (secondary N) is 1. The van der Waals surface area contributed by atoms with Crippen LogP contribution < -0.4 is 5.32 Å². The van der Waals surface area contributed by atoms with Crippen molar-refractivity contribution in [3.63, 3.8) is 0 Å². The van der Waals surface area contributed by atoms with Gasteiger partial charge in [-0.25, -0.2) is 9.18 Å². The highest BCUT2D eigenvalue weighted by atomic mass is 32.1. The van der Waals surface area contributed by atoms with Crippen LogP contribution in [0, 0.1) is 22.9 Å². The molecule has 0 saturated carbocycles. The van der Waals surface area contributed by atoms with Gasteiger partial charge in [0.05, 0.1) is 16.7 Å². The summed E-state index contributed by atoms with van der Waals surface area (Å²) in [4.78, 5) is 20.8. The number of aryl methyl sites for hydroxylation is 1. The van der Waals surface area contributed by atoms with Crippen LogP contribution in [-0.4, -0.2) is 16.0 Å². The average molecular weight is 310 g/mol. The number of nitro benzene ring substituents is 1. The highest BCUT2D eigenvalue weighted by molar-refractivity contribution is 7.08. The maximum Gasteiger partial charge on any atom is 0.342 e. The first-order valence-corrected chi connectivity index (χ1v) is 6.81. The van der Waals surface area contributed by atoms with Crippen molar-refractivity contribution in [1.29, 1.82) is 0 Å². The molecule has 0 aliphatic heterocycles. The lowest BCUT2D eigenvalue weighted by atomic mass is 10.1. The van der Waals surface area contributed by atoms with Gasteiger partial charge in [0, 0.05) is 6.54 Å². The van der Waals surface area contributed by atoms with E-state index in [1.54, 1.807) is 0 Å².